The second-order valence-corrected chi connectivity index (χ2v) is 9.14. The van der Waals surface area contributed by atoms with Crippen LogP contribution >= 0.6 is 11.3 Å². The molecule has 3 aliphatic rings. The Hall–Kier alpha value is -1.95. The molecule has 0 bridgehead atoms. The zero-order valence-corrected chi connectivity index (χ0v) is 17.5. The van der Waals surface area contributed by atoms with Gasteiger partial charge in [0.05, 0.1) is 17.1 Å². The van der Waals surface area contributed by atoms with Gasteiger partial charge in [0.15, 0.2) is 11.7 Å². The molecule has 0 amide bonds. The normalized spacial score (nSPS) is 26.5. The molecule has 0 N–H and O–H groups in total. The average Bonchev–Trinajstić information content (AvgIpc) is 3.30. The molecular formula is C21H29N5S. The van der Waals surface area contributed by atoms with E-state index in [1.165, 1.54) is 11.3 Å². The van der Waals surface area contributed by atoms with Gasteiger partial charge in [-0.3, -0.25) is 4.99 Å². The van der Waals surface area contributed by atoms with Crippen LogP contribution < -0.4 is 0 Å². The molecule has 0 saturated carbocycles. The van der Waals surface area contributed by atoms with E-state index in [4.69, 9.17) is 15.1 Å². The number of aliphatic imine (C=N–C) groups is 2. The van der Waals surface area contributed by atoms with E-state index >= 15 is 0 Å². The van der Waals surface area contributed by atoms with Crippen molar-refractivity contribution in [3.05, 3.63) is 28.6 Å². The molecule has 0 aromatic carbocycles. The van der Waals surface area contributed by atoms with Crippen molar-refractivity contribution in [3.63, 3.8) is 0 Å². The van der Waals surface area contributed by atoms with Crippen LogP contribution in [-0.2, 0) is 0 Å². The monoisotopic (exact) mass is 383 g/mol. The van der Waals surface area contributed by atoms with Crippen molar-refractivity contribution in [1.29, 1.82) is 0 Å². The van der Waals surface area contributed by atoms with Crippen molar-refractivity contribution in [2.24, 2.45) is 32.8 Å². The Morgan fingerprint density at radius 3 is 2.81 bits per heavy atom. The van der Waals surface area contributed by atoms with Gasteiger partial charge < -0.3 is 4.90 Å². The van der Waals surface area contributed by atoms with E-state index < -0.39 is 0 Å². The van der Waals surface area contributed by atoms with Crippen molar-refractivity contribution in [2.75, 3.05) is 13.1 Å². The summed E-state index contributed by atoms with van der Waals surface area (Å²) in [5.41, 5.74) is 1.02. The summed E-state index contributed by atoms with van der Waals surface area (Å²) >= 11 is 1.71. The molecule has 0 radical (unpaired) electrons. The van der Waals surface area contributed by atoms with Crippen molar-refractivity contribution in [1.82, 2.24) is 9.91 Å². The van der Waals surface area contributed by atoms with Crippen LogP contribution in [0.15, 0.2) is 38.8 Å². The number of nitrogens with zero attached hydrogens (tertiary/aromatic N) is 5. The second-order valence-electron chi connectivity index (χ2n) is 8.19. The molecule has 5 nitrogen and oxygen atoms in total. The summed E-state index contributed by atoms with van der Waals surface area (Å²) in [4.78, 5) is 13.5. The van der Waals surface area contributed by atoms with Crippen LogP contribution in [0.2, 0.25) is 0 Å². The van der Waals surface area contributed by atoms with Crippen LogP contribution in [0.25, 0.3) is 5.70 Å². The lowest BCUT2D eigenvalue weighted by Gasteiger charge is -2.31. The lowest BCUT2D eigenvalue weighted by Crippen LogP contribution is -2.44. The quantitative estimate of drug-likeness (QED) is 0.768. The van der Waals surface area contributed by atoms with Crippen molar-refractivity contribution in [2.45, 2.75) is 46.6 Å². The first-order valence-electron chi connectivity index (χ1n) is 10.0. The molecule has 0 spiro atoms. The third-order valence-electron chi connectivity index (χ3n) is 6.02. The zero-order chi connectivity index (χ0) is 19.0. The third kappa shape index (κ3) is 3.59. The summed E-state index contributed by atoms with van der Waals surface area (Å²) in [6.07, 6.45) is 6.04. The number of hydrogen-bond acceptors (Lipinski definition) is 6. The number of fused-ring (bicyclic) bond motifs is 1. The topological polar surface area (TPSA) is 43.6 Å². The van der Waals surface area contributed by atoms with Crippen LogP contribution in [-0.4, -0.2) is 46.9 Å². The standard InChI is InChI=1S/C21H29N5S/c1-14(2)16(4)17-8-10-25(13-17)20-21-24-15(3)7-9-23-26(21)18(12-22-20)19-6-5-11-27-19/h5-6,9,11-12,14-17H,7-8,10,13H2,1-4H3. The molecule has 1 aromatic heterocycles. The van der Waals surface area contributed by atoms with Gasteiger partial charge >= 0.3 is 0 Å². The number of hydrazone groups is 1. The fourth-order valence-electron chi connectivity index (χ4n) is 3.98. The first-order chi connectivity index (χ1) is 13.0. The van der Waals surface area contributed by atoms with E-state index in [1.807, 2.05) is 17.4 Å². The van der Waals surface area contributed by atoms with Crippen molar-refractivity contribution >= 4 is 34.9 Å². The van der Waals surface area contributed by atoms with Crippen molar-refractivity contribution < 1.29 is 0 Å². The Bertz CT molecular complexity index is 790. The van der Waals surface area contributed by atoms with E-state index in [9.17, 15) is 0 Å². The summed E-state index contributed by atoms with van der Waals surface area (Å²) < 4.78 is 0. The molecule has 1 saturated heterocycles. The van der Waals surface area contributed by atoms with Gasteiger partial charge in [0, 0.05) is 25.7 Å². The maximum Gasteiger partial charge on any atom is 0.193 e. The Morgan fingerprint density at radius 2 is 2.07 bits per heavy atom. The summed E-state index contributed by atoms with van der Waals surface area (Å²) in [6, 6.07) is 4.41. The van der Waals surface area contributed by atoms with Gasteiger partial charge in [-0.05, 0) is 42.5 Å². The van der Waals surface area contributed by atoms with E-state index in [2.05, 4.69) is 50.1 Å². The number of thiophene rings is 1. The van der Waals surface area contributed by atoms with Gasteiger partial charge in [-0.15, -0.1) is 11.3 Å². The smallest absolute Gasteiger partial charge is 0.193 e. The molecule has 4 rings (SSSR count). The highest BCUT2D eigenvalue weighted by molar-refractivity contribution is 7.11. The van der Waals surface area contributed by atoms with Crippen molar-refractivity contribution in [3.8, 4) is 0 Å². The van der Waals surface area contributed by atoms with E-state index in [-0.39, 0.29) is 6.04 Å². The van der Waals surface area contributed by atoms with Gasteiger partial charge in [-0.25, -0.2) is 10.0 Å². The zero-order valence-electron chi connectivity index (χ0n) is 16.7. The number of hydrogen-bond donors (Lipinski definition) is 0. The Kier molecular flexibility index (Phi) is 5.17. The number of likely N-dealkylation sites (tertiary alicyclic amines) is 1. The Morgan fingerprint density at radius 1 is 1.22 bits per heavy atom. The van der Waals surface area contributed by atoms with Gasteiger partial charge in [0.2, 0.25) is 0 Å². The highest BCUT2D eigenvalue weighted by Crippen LogP contribution is 2.33. The van der Waals surface area contributed by atoms with E-state index in [1.54, 1.807) is 11.3 Å². The number of rotatable bonds is 3. The van der Waals surface area contributed by atoms with Crippen LogP contribution in [0, 0.1) is 17.8 Å². The summed E-state index contributed by atoms with van der Waals surface area (Å²) in [6.45, 7) is 11.3. The molecule has 0 aliphatic carbocycles. The molecule has 1 fully saturated rings. The van der Waals surface area contributed by atoms with Crippen LogP contribution in [0.3, 0.4) is 0 Å². The van der Waals surface area contributed by atoms with E-state index in [0.29, 0.717) is 5.92 Å². The lowest BCUT2D eigenvalue weighted by atomic mass is 9.84. The van der Waals surface area contributed by atoms with Gasteiger partial charge in [0.25, 0.3) is 0 Å². The molecule has 6 heteroatoms. The Balaban J connectivity index is 1.67. The largest absolute Gasteiger partial charge is 0.353 e. The maximum absolute atomic E-state index is 5.00. The average molecular weight is 384 g/mol. The molecule has 144 valence electrons. The molecule has 1 aromatic rings. The molecule has 3 atom stereocenters. The summed E-state index contributed by atoms with van der Waals surface area (Å²) in [5.74, 6) is 4.04. The van der Waals surface area contributed by atoms with Gasteiger partial charge in [0.1, 0.15) is 5.70 Å². The minimum Gasteiger partial charge on any atom is -0.353 e. The SMILES string of the molecule is CC1CC=NN2C(c3cccs3)=CN=C(N3CCC(C(C)C(C)C)C3)C2=N1. The fraction of sp³-hybridized carbons (Fsp3) is 0.571. The lowest BCUT2D eigenvalue weighted by molar-refractivity contribution is 0.285. The fourth-order valence-corrected chi connectivity index (χ4v) is 4.70. The first kappa shape index (κ1) is 18.4. The Labute approximate surface area is 166 Å². The van der Waals surface area contributed by atoms with Gasteiger partial charge in [-0.2, -0.15) is 5.10 Å². The minimum atomic E-state index is 0.217. The second kappa shape index (κ2) is 7.58. The summed E-state index contributed by atoms with van der Waals surface area (Å²) in [5, 5.41) is 8.83. The van der Waals surface area contributed by atoms with Crippen LogP contribution in [0.5, 0.6) is 0 Å². The molecule has 27 heavy (non-hydrogen) atoms. The predicted molar refractivity (Wildman–Crippen MR) is 115 cm³/mol. The van der Waals surface area contributed by atoms with Crippen LogP contribution in [0.1, 0.15) is 45.4 Å². The maximum atomic E-state index is 5.00. The van der Waals surface area contributed by atoms with Crippen LogP contribution in [0.4, 0.5) is 0 Å². The minimum absolute atomic E-state index is 0.217. The highest BCUT2D eigenvalue weighted by Gasteiger charge is 2.36. The van der Waals surface area contributed by atoms with E-state index in [0.717, 1.165) is 48.7 Å². The first-order valence-corrected chi connectivity index (χ1v) is 10.9. The predicted octanol–water partition coefficient (Wildman–Crippen LogP) is 4.55. The molecule has 3 aliphatic heterocycles. The third-order valence-corrected chi connectivity index (χ3v) is 6.91. The highest BCUT2D eigenvalue weighted by atomic mass is 32.1. The van der Waals surface area contributed by atoms with Gasteiger partial charge in [-0.1, -0.05) is 26.8 Å². The molecule has 3 unspecified atom stereocenters. The number of amidine groups is 2. The molecular weight excluding hydrogens is 354 g/mol. The molecule has 4 heterocycles. The summed E-state index contributed by atoms with van der Waals surface area (Å²) in [7, 11) is 0.